The minimum atomic E-state index is -4.56. The molecule has 1 saturated carbocycles. The average Bonchev–Trinajstić information content (AvgIpc) is 3.95. The predicted molar refractivity (Wildman–Crippen MR) is 273 cm³/mol. The van der Waals surface area contributed by atoms with E-state index in [9.17, 15) is 21.6 Å². The zero-order chi connectivity index (χ0) is 50.1. The molecule has 15 heteroatoms. The van der Waals surface area contributed by atoms with Crippen molar-refractivity contribution in [1.29, 1.82) is 0 Å². The number of benzene rings is 6. The van der Waals surface area contributed by atoms with Crippen LogP contribution in [0.3, 0.4) is 0 Å². The minimum Gasteiger partial charge on any atom is -0.492 e. The van der Waals surface area contributed by atoms with E-state index in [0.29, 0.717) is 32.7 Å². The van der Waals surface area contributed by atoms with Crippen LogP contribution in [0.2, 0.25) is 0 Å². The molecule has 0 aromatic heterocycles. The second-order valence-electron chi connectivity index (χ2n) is 19.5. The quantitative estimate of drug-likeness (QED) is 0.0960. The third kappa shape index (κ3) is 10.3. The van der Waals surface area contributed by atoms with E-state index in [1.807, 2.05) is 44.2 Å². The van der Waals surface area contributed by atoms with Crippen LogP contribution in [-0.4, -0.2) is 82.9 Å². The Morgan fingerprint density at radius 1 is 0.597 bits per heavy atom. The zero-order valence-electron chi connectivity index (χ0n) is 40.8. The Hall–Kier alpha value is -6.68. The molecule has 4 aliphatic rings. The fraction of sp³-hybridized carbons (Fsp3) is 0.333. The molecule has 374 valence electrons. The van der Waals surface area contributed by atoms with Crippen molar-refractivity contribution in [2.24, 2.45) is 5.92 Å². The predicted octanol–water partition coefficient (Wildman–Crippen LogP) is 10.3. The summed E-state index contributed by atoms with van der Waals surface area (Å²) in [6.45, 7) is 9.25. The SMILES string of the molecule is Cc1ccc(S(=O)(=O)Oc2cc(OS(=O)(=O)c3ccc(C)cc3)c(C(=O)N3Cc4ccc(CN5CCN(C(=O)OCC6c7ccccc7-c7ccccc76)CC5)cc4C3)c(OCC3CCCCC3)c2C)cc1. The molecule has 0 atom stereocenters. The van der Waals surface area contributed by atoms with Crippen LogP contribution in [-0.2, 0) is 44.6 Å². The van der Waals surface area contributed by atoms with E-state index < -0.39 is 31.9 Å². The number of amides is 2. The molecule has 0 spiro atoms. The van der Waals surface area contributed by atoms with Crippen LogP contribution in [0.5, 0.6) is 17.2 Å². The van der Waals surface area contributed by atoms with Crippen molar-refractivity contribution in [2.75, 3.05) is 39.4 Å². The summed E-state index contributed by atoms with van der Waals surface area (Å²) in [7, 11) is -9.00. The van der Waals surface area contributed by atoms with Gasteiger partial charge in [-0.15, -0.1) is 0 Å². The first-order valence-electron chi connectivity index (χ1n) is 24.8. The van der Waals surface area contributed by atoms with Crippen molar-refractivity contribution in [2.45, 2.75) is 88.2 Å². The lowest BCUT2D eigenvalue weighted by Crippen LogP contribution is -2.48. The van der Waals surface area contributed by atoms with Gasteiger partial charge in [0.25, 0.3) is 5.91 Å². The Labute approximate surface area is 422 Å². The van der Waals surface area contributed by atoms with Gasteiger partial charge in [0.2, 0.25) is 0 Å². The first-order valence-corrected chi connectivity index (χ1v) is 27.6. The highest BCUT2D eigenvalue weighted by molar-refractivity contribution is 7.87. The number of fused-ring (bicyclic) bond motifs is 4. The Kier molecular flexibility index (Phi) is 13.9. The molecule has 0 radical (unpaired) electrons. The highest BCUT2D eigenvalue weighted by Crippen LogP contribution is 2.46. The molecule has 2 amide bonds. The zero-order valence-corrected chi connectivity index (χ0v) is 42.5. The van der Waals surface area contributed by atoms with Gasteiger partial charge in [-0.05, 0) is 103 Å². The molecular weight excluding hydrogens is 951 g/mol. The normalized spacial score (nSPS) is 16.2. The summed E-state index contributed by atoms with van der Waals surface area (Å²) in [4.78, 5) is 34.0. The summed E-state index contributed by atoms with van der Waals surface area (Å²) >= 11 is 0. The van der Waals surface area contributed by atoms with Crippen LogP contribution in [0.25, 0.3) is 11.1 Å². The largest absolute Gasteiger partial charge is 0.492 e. The van der Waals surface area contributed by atoms with E-state index >= 15 is 4.79 Å². The number of hydrogen-bond acceptors (Lipinski definition) is 11. The molecular formula is C57H59N3O10S2. The molecule has 2 heterocycles. The van der Waals surface area contributed by atoms with Gasteiger partial charge in [0.05, 0.1) is 6.61 Å². The van der Waals surface area contributed by atoms with Gasteiger partial charge >= 0.3 is 26.3 Å². The maximum Gasteiger partial charge on any atom is 0.409 e. The van der Waals surface area contributed by atoms with Crippen LogP contribution in [0.15, 0.2) is 131 Å². The molecule has 6 aromatic rings. The van der Waals surface area contributed by atoms with Crippen molar-refractivity contribution >= 4 is 32.2 Å². The Bertz CT molecular complexity index is 3190. The third-order valence-corrected chi connectivity index (χ3v) is 17.0. The molecule has 0 N–H and O–H groups in total. The number of aryl methyl sites for hydroxylation is 2. The summed E-state index contributed by atoms with van der Waals surface area (Å²) in [5.41, 5.74) is 9.41. The van der Waals surface area contributed by atoms with E-state index in [1.54, 1.807) is 41.0 Å². The maximum absolute atomic E-state index is 15.2. The lowest BCUT2D eigenvalue weighted by molar-refractivity contribution is 0.0724. The molecule has 6 aromatic carbocycles. The van der Waals surface area contributed by atoms with Gasteiger partial charge in [0.15, 0.2) is 11.5 Å². The van der Waals surface area contributed by atoms with Crippen LogP contribution >= 0.6 is 0 Å². The molecule has 0 unspecified atom stereocenters. The first kappa shape index (κ1) is 48.9. The van der Waals surface area contributed by atoms with Crippen LogP contribution in [0.1, 0.15) is 92.9 Å². The van der Waals surface area contributed by atoms with Gasteiger partial charge in [0, 0.05) is 63.4 Å². The summed E-state index contributed by atoms with van der Waals surface area (Å²) in [5.74, 6) is -1.01. The first-order chi connectivity index (χ1) is 34.7. The lowest BCUT2D eigenvalue weighted by Gasteiger charge is -2.34. The van der Waals surface area contributed by atoms with E-state index in [-0.39, 0.29) is 76.6 Å². The number of piperazine rings is 1. The standard InChI is InChI=1S/C57H59N3O10S2/c1-38-17-23-45(24-18-38)71(63,64)69-52-32-53(70-72(65,66)46-25-19-39(2)20-26-46)54(55(40(52)3)67-36-41-11-5-4-6-12-41)56(61)60-34-43-22-21-42(31-44(43)35-60)33-58-27-29-59(30-28-58)57(62)68-37-51-49-15-9-7-13-47(49)48-14-8-10-16-50(48)51/h7-10,13-26,31-32,41,51H,4-6,11-12,27-30,33-37H2,1-3H3. The van der Waals surface area contributed by atoms with Gasteiger partial charge in [-0.2, -0.15) is 16.8 Å². The topological polar surface area (TPSA) is 149 Å². The second kappa shape index (κ2) is 20.4. The van der Waals surface area contributed by atoms with Crippen molar-refractivity contribution in [3.8, 4) is 28.4 Å². The van der Waals surface area contributed by atoms with E-state index in [4.69, 9.17) is 17.8 Å². The molecule has 0 bridgehead atoms. The average molecular weight is 1010 g/mol. The summed E-state index contributed by atoms with van der Waals surface area (Å²) in [5, 5.41) is 0. The molecule has 2 fully saturated rings. The van der Waals surface area contributed by atoms with Crippen LogP contribution in [0.4, 0.5) is 4.79 Å². The van der Waals surface area contributed by atoms with Crippen molar-refractivity contribution in [3.63, 3.8) is 0 Å². The Balaban J connectivity index is 0.866. The number of ether oxygens (including phenoxy) is 2. The third-order valence-electron chi connectivity index (χ3n) is 14.5. The van der Waals surface area contributed by atoms with E-state index in [2.05, 4.69) is 41.3 Å². The maximum atomic E-state index is 15.2. The van der Waals surface area contributed by atoms with Crippen molar-refractivity contribution < 1.29 is 44.3 Å². The van der Waals surface area contributed by atoms with Crippen molar-refractivity contribution in [1.82, 2.24) is 14.7 Å². The minimum absolute atomic E-state index is 0.00477. The fourth-order valence-electron chi connectivity index (χ4n) is 10.4. The summed E-state index contributed by atoms with van der Waals surface area (Å²) in [6, 6.07) is 36.2. The Morgan fingerprint density at radius 2 is 1.17 bits per heavy atom. The van der Waals surface area contributed by atoms with Crippen molar-refractivity contribution in [3.05, 3.63) is 171 Å². The smallest absolute Gasteiger partial charge is 0.409 e. The number of nitrogens with zero attached hydrogens (tertiary/aromatic N) is 3. The van der Waals surface area contributed by atoms with Gasteiger partial charge in [-0.25, -0.2) is 4.79 Å². The molecule has 10 rings (SSSR count). The number of rotatable bonds is 14. The van der Waals surface area contributed by atoms with Gasteiger partial charge < -0.3 is 27.6 Å². The number of carbonyl (C=O) groups is 2. The molecule has 13 nitrogen and oxygen atoms in total. The van der Waals surface area contributed by atoms with E-state index in [1.165, 1.54) is 52.6 Å². The highest BCUT2D eigenvalue weighted by Gasteiger charge is 2.36. The number of carbonyl (C=O) groups excluding carboxylic acids is 2. The van der Waals surface area contributed by atoms with Gasteiger partial charge in [-0.3, -0.25) is 9.69 Å². The fourth-order valence-corrected chi connectivity index (χ4v) is 12.3. The monoisotopic (exact) mass is 1010 g/mol. The molecule has 1 saturated heterocycles. The second-order valence-corrected chi connectivity index (χ2v) is 22.6. The van der Waals surface area contributed by atoms with Gasteiger partial charge in [-0.1, -0.05) is 121 Å². The molecule has 2 aliphatic heterocycles. The molecule has 2 aliphatic carbocycles. The summed E-state index contributed by atoms with van der Waals surface area (Å²) < 4.78 is 79.9. The summed E-state index contributed by atoms with van der Waals surface area (Å²) in [6.07, 6.45) is 4.71. The van der Waals surface area contributed by atoms with Gasteiger partial charge in [0.1, 0.15) is 27.7 Å². The van der Waals surface area contributed by atoms with E-state index in [0.717, 1.165) is 59.9 Å². The number of hydrogen-bond donors (Lipinski definition) is 0. The molecule has 72 heavy (non-hydrogen) atoms. The van der Waals surface area contributed by atoms with Crippen LogP contribution in [0, 0.1) is 26.7 Å². The highest BCUT2D eigenvalue weighted by atomic mass is 32.2. The van der Waals surface area contributed by atoms with Crippen LogP contribution < -0.4 is 13.1 Å². The Morgan fingerprint density at radius 3 is 1.78 bits per heavy atom. The lowest BCUT2D eigenvalue weighted by atomic mass is 9.90.